The van der Waals surface area contributed by atoms with E-state index < -0.39 is 5.54 Å². The van der Waals surface area contributed by atoms with E-state index in [1.54, 1.807) is 6.20 Å². The molecule has 0 saturated carbocycles. The first-order chi connectivity index (χ1) is 8.12. The van der Waals surface area contributed by atoms with Crippen LogP contribution in [0.5, 0.6) is 0 Å². The SMILES string of the molecule is Cl.Cl.Cn1ccnc1CNC(=O)C1(C)CCCCN1. The van der Waals surface area contributed by atoms with Crippen molar-refractivity contribution in [2.45, 2.75) is 38.3 Å². The molecule has 1 unspecified atom stereocenters. The van der Waals surface area contributed by atoms with Crippen molar-refractivity contribution in [3.63, 3.8) is 0 Å². The van der Waals surface area contributed by atoms with Gasteiger partial charge in [0.25, 0.3) is 0 Å². The van der Waals surface area contributed by atoms with E-state index in [-0.39, 0.29) is 30.7 Å². The van der Waals surface area contributed by atoms with Gasteiger partial charge >= 0.3 is 0 Å². The smallest absolute Gasteiger partial charge is 0.240 e. The van der Waals surface area contributed by atoms with Gasteiger partial charge < -0.3 is 15.2 Å². The van der Waals surface area contributed by atoms with E-state index >= 15 is 0 Å². The largest absolute Gasteiger partial charge is 0.347 e. The summed E-state index contributed by atoms with van der Waals surface area (Å²) in [7, 11) is 1.93. The number of piperidine rings is 1. The maximum atomic E-state index is 12.1. The zero-order valence-electron chi connectivity index (χ0n) is 11.3. The van der Waals surface area contributed by atoms with E-state index in [0.29, 0.717) is 6.54 Å². The van der Waals surface area contributed by atoms with Gasteiger partial charge in [0.15, 0.2) is 0 Å². The van der Waals surface area contributed by atoms with Gasteiger partial charge in [-0.25, -0.2) is 4.98 Å². The van der Waals surface area contributed by atoms with Crippen LogP contribution in [0.2, 0.25) is 0 Å². The molecule has 0 spiro atoms. The first kappa shape index (κ1) is 18.2. The predicted octanol–water partition coefficient (Wildman–Crippen LogP) is 1.41. The van der Waals surface area contributed by atoms with Crippen molar-refractivity contribution in [2.24, 2.45) is 7.05 Å². The van der Waals surface area contributed by atoms with Gasteiger partial charge in [-0.15, -0.1) is 24.8 Å². The number of carbonyl (C=O) groups is 1. The zero-order chi connectivity index (χ0) is 12.3. The summed E-state index contributed by atoms with van der Waals surface area (Å²) >= 11 is 0. The van der Waals surface area contributed by atoms with Gasteiger partial charge in [0, 0.05) is 19.4 Å². The highest BCUT2D eigenvalue weighted by molar-refractivity contribution is 5.86. The number of rotatable bonds is 3. The molecule has 7 heteroatoms. The van der Waals surface area contributed by atoms with E-state index in [4.69, 9.17) is 0 Å². The third-order valence-electron chi connectivity index (χ3n) is 3.45. The Morgan fingerprint density at radius 2 is 2.26 bits per heavy atom. The summed E-state index contributed by atoms with van der Waals surface area (Å²) in [6.45, 7) is 3.38. The van der Waals surface area contributed by atoms with E-state index in [2.05, 4.69) is 15.6 Å². The van der Waals surface area contributed by atoms with Crippen molar-refractivity contribution in [2.75, 3.05) is 6.54 Å². The summed E-state index contributed by atoms with van der Waals surface area (Å²) in [6.07, 6.45) is 6.78. The van der Waals surface area contributed by atoms with Crippen LogP contribution >= 0.6 is 24.8 Å². The zero-order valence-corrected chi connectivity index (χ0v) is 12.9. The Bertz CT molecular complexity index is 402. The Morgan fingerprint density at radius 3 is 2.79 bits per heavy atom. The van der Waals surface area contributed by atoms with E-state index in [9.17, 15) is 4.79 Å². The molecule has 1 aliphatic rings. The van der Waals surface area contributed by atoms with Gasteiger partial charge in [0.2, 0.25) is 5.91 Å². The third-order valence-corrected chi connectivity index (χ3v) is 3.45. The van der Waals surface area contributed by atoms with Crippen molar-refractivity contribution in [1.82, 2.24) is 20.2 Å². The molecule has 19 heavy (non-hydrogen) atoms. The minimum Gasteiger partial charge on any atom is -0.347 e. The van der Waals surface area contributed by atoms with Crippen LogP contribution in [0.25, 0.3) is 0 Å². The molecule has 1 aliphatic heterocycles. The highest BCUT2D eigenvalue weighted by Gasteiger charge is 2.33. The lowest BCUT2D eigenvalue weighted by atomic mass is 9.90. The monoisotopic (exact) mass is 308 g/mol. The molecule has 2 rings (SSSR count). The quantitative estimate of drug-likeness (QED) is 0.887. The van der Waals surface area contributed by atoms with Crippen molar-refractivity contribution >= 4 is 30.7 Å². The third kappa shape index (κ3) is 4.37. The first-order valence-corrected chi connectivity index (χ1v) is 6.11. The van der Waals surface area contributed by atoms with Crippen molar-refractivity contribution in [3.05, 3.63) is 18.2 Å². The molecule has 0 radical (unpaired) electrons. The normalized spacial score (nSPS) is 22.0. The van der Waals surface area contributed by atoms with Crippen LogP contribution < -0.4 is 10.6 Å². The summed E-state index contributed by atoms with van der Waals surface area (Å²) < 4.78 is 1.91. The van der Waals surface area contributed by atoms with Crippen LogP contribution in [0.3, 0.4) is 0 Å². The number of nitrogens with one attached hydrogen (secondary N) is 2. The molecule has 1 saturated heterocycles. The van der Waals surface area contributed by atoms with Crippen LogP contribution in [-0.2, 0) is 18.4 Å². The fourth-order valence-corrected chi connectivity index (χ4v) is 2.17. The highest BCUT2D eigenvalue weighted by Crippen LogP contribution is 2.18. The van der Waals surface area contributed by atoms with Crippen molar-refractivity contribution in [3.8, 4) is 0 Å². The summed E-state index contributed by atoms with van der Waals surface area (Å²) in [5.41, 5.74) is -0.413. The number of amides is 1. The molecule has 5 nitrogen and oxygen atoms in total. The number of carbonyl (C=O) groups excluding carboxylic acids is 1. The van der Waals surface area contributed by atoms with Gasteiger partial charge in [-0.1, -0.05) is 0 Å². The molecule has 0 aromatic carbocycles. The average Bonchev–Trinajstić information content (AvgIpc) is 2.73. The van der Waals surface area contributed by atoms with Gasteiger partial charge in [-0.3, -0.25) is 4.79 Å². The standard InChI is InChI=1S/C12H20N4O.2ClH/c1-12(5-3-4-6-15-12)11(17)14-9-10-13-7-8-16(10)2;;/h7-8,15H,3-6,9H2,1-2H3,(H,14,17);2*1H. The van der Waals surface area contributed by atoms with Gasteiger partial charge in [0.1, 0.15) is 5.82 Å². The lowest BCUT2D eigenvalue weighted by Crippen LogP contribution is -2.56. The second kappa shape index (κ2) is 7.72. The second-order valence-corrected chi connectivity index (χ2v) is 4.85. The molecule has 1 aromatic heterocycles. The summed E-state index contributed by atoms with van der Waals surface area (Å²) in [4.78, 5) is 16.3. The Balaban J connectivity index is 0.00000162. The number of hydrogen-bond donors (Lipinski definition) is 2. The highest BCUT2D eigenvalue weighted by atomic mass is 35.5. The first-order valence-electron chi connectivity index (χ1n) is 6.11. The molecule has 2 N–H and O–H groups in total. The van der Waals surface area contributed by atoms with Gasteiger partial charge in [-0.05, 0) is 32.7 Å². The molecular weight excluding hydrogens is 287 g/mol. The maximum absolute atomic E-state index is 12.1. The fraction of sp³-hybridized carbons (Fsp3) is 0.667. The fourth-order valence-electron chi connectivity index (χ4n) is 2.17. The van der Waals surface area contributed by atoms with Crippen LogP contribution in [-0.4, -0.2) is 27.5 Å². The number of aryl methyl sites for hydroxylation is 1. The number of halogens is 2. The molecule has 2 heterocycles. The van der Waals surface area contributed by atoms with Gasteiger partial charge in [0.05, 0.1) is 12.1 Å². The molecular formula is C12H22Cl2N4O. The molecule has 0 bridgehead atoms. The van der Waals surface area contributed by atoms with E-state index in [1.165, 1.54) is 0 Å². The Kier molecular flexibility index (Phi) is 7.41. The van der Waals surface area contributed by atoms with E-state index in [0.717, 1.165) is 31.6 Å². The average molecular weight is 309 g/mol. The molecule has 110 valence electrons. The molecule has 1 fully saturated rings. The summed E-state index contributed by atoms with van der Waals surface area (Å²) in [5, 5.41) is 6.25. The minimum absolute atomic E-state index is 0. The van der Waals surface area contributed by atoms with Crippen LogP contribution in [0.15, 0.2) is 12.4 Å². The van der Waals surface area contributed by atoms with Crippen LogP contribution in [0, 0.1) is 0 Å². The molecule has 1 aromatic rings. The topological polar surface area (TPSA) is 59.0 Å². The predicted molar refractivity (Wildman–Crippen MR) is 79.8 cm³/mol. The summed E-state index contributed by atoms with van der Waals surface area (Å²) in [5.74, 6) is 0.943. The lowest BCUT2D eigenvalue weighted by molar-refractivity contribution is -0.128. The number of hydrogen-bond acceptors (Lipinski definition) is 3. The molecule has 1 amide bonds. The molecule has 0 aliphatic carbocycles. The number of imidazole rings is 1. The second-order valence-electron chi connectivity index (χ2n) is 4.85. The van der Waals surface area contributed by atoms with Crippen molar-refractivity contribution < 1.29 is 4.79 Å². The maximum Gasteiger partial charge on any atom is 0.240 e. The summed E-state index contributed by atoms with van der Waals surface area (Å²) in [6, 6.07) is 0. The Hall–Kier alpha value is -0.780. The van der Waals surface area contributed by atoms with Gasteiger partial charge in [-0.2, -0.15) is 0 Å². The lowest BCUT2D eigenvalue weighted by Gasteiger charge is -2.33. The van der Waals surface area contributed by atoms with Crippen LogP contribution in [0.1, 0.15) is 32.0 Å². The van der Waals surface area contributed by atoms with Crippen LogP contribution in [0.4, 0.5) is 0 Å². The Morgan fingerprint density at radius 1 is 1.53 bits per heavy atom. The molecule has 1 atom stereocenters. The minimum atomic E-state index is -0.413. The Labute approximate surface area is 126 Å². The number of aromatic nitrogens is 2. The number of nitrogens with zero attached hydrogens (tertiary/aromatic N) is 2. The van der Waals surface area contributed by atoms with E-state index in [1.807, 2.05) is 24.7 Å². The van der Waals surface area contributed by atoms with Crippen molar-refractivity contribution in [1.29, 1.82) is 0 Å².